The molecule has 2 rings (SSSR count). The number of cyclic esters (lactones) is 1. The van der Waals surface area contributed by atoms with Crippen molar-refractivity contribution in [3.05, 3.63) is 0 Å². The SMILES string of the molecule is CC[C@H]1OC(=O)[C@H](C)[C@@H](O)[C@H](C)[C@@H](O[C@@H]2O[C@H](C)C[C@H](N(C)C)[C@H]2OCCCNC(=O)CO)[C@](C)(O)C[C@@H](C)CN(C)[C@H](C)[C@@H](O)[C@]1(C)O. The first kappa shape index (κ1) is 43.7. The van der Waals surface area contributed by atoms with Crippen LogP contribution < -0.4 is 5.32 Å². The van der Waals surface area contributed by atoms with Crippen LogP contribution >= 0.6 is 0 Å². The molecule has 0 aromatic heterocycles. The van der Waals surface area contributed by atoms with Gasteiger partial charge in [0.1, 0.15) is 30.5 Å². The molecule has 14 nitrogen and oxygen atoms in total. The highest BCUT2D eigenvalue weighted by Gasteiger charge is 2.50. The van der Waals surface area contributed by atoms with Crippen molar-refractivity contribution in [2.75, 3.05) is 47.4 Å². The fourth-order valence-electron chi connectivity index (χ4n) is 7.48. The Balaban J connectivity index is 2.51. The average Bonchev–Trinajstić information content (AvgIpc) is 3.03. The van der Waals surface area contributed by atoms with Crippen LogP contribution in [0.1, 0.15) is 81.1 Å². The van der Waals surface area contributed by atoms with Crippen LogP contribution in [0.5, 0.6) is 0 Å². The van der Waals surface area contributed by atoms with Crippen LogP contribution in [-0.2, 0) is 28.5 Å². The molecule has 0 aliphatic carbocycles. The summed E-state index contributed by atoms with van der Waals surface area (Å²) in [5.41, 5.74) is -3.30. The number of amides is 1. The predicted octanol–water partition coefficient (Wildman–Crippen LogP) is 0.498. The lowest BCUT2D eigenvalue weighted by Crippen LogP contribution is -2.60. The number of hydrogen-bond donors (Lipinski definition) is 6. The number of ether oxygens (including phenoxy) is 4. The van der Waals surface area contributed by atoms with Crippen LogP contribution in [0.25, 0.3) is 0 Å². The normalized spacial score (nSPS) is 42.3. The van der Waals surface area contributed by atoms with Gasteiger partial charge in [0.15, 0.2) is 6.29 Å². The molecule has 0 radical (unpaired) electrons. The minimum absolute atomic E-state index is 0.124. The van der Waals surface area contributed by atoms with Crippen LogP contribution in [0, 0.1) is 17.8 Å². The lowest BCUT2D eigenvalue weighted by Gasteiger charge is -2.48. The third-order valence-corrected chi connectivity index (χ3v) is 10.5. The zero-order valence-electron chi connectivity index (χ0n) is 31.7. The van der Waals surface area contributed by atoms with E-state index in [1.54, 1.807) is 27.7 Å². The van der Waals surface area contributed by atoms with Gasteiger partial charge in [-0.2, -0.15) is 0 Å². The summed E-state index contributed by atoms with van der Waals surface area (Å²) in [5.74, 6) is -3.21. The maximum atomic E-state index is 13.5. The van der Waals surface area contributed by atoms with Gasteiger partial charge in [-0.15, -0.1) is 0 Å². The fourth-order valence-corrected chi connectivity index (χ4v) is 7.48. The van der Waals surface area contributed by atoms with Crippen LogP contribution in [0.4, 0.5) is 0 Å². The number of nitrogens with zero attached hydrogens (tertiary/aromatic N) is 2. The quantitative estimate of drug-likeness (QED) is 0.136. The highest BCUT2D eigenvalue weighted by Crippen LogP contribution is 2.37. The molecule has 14 heteroatoms. The molecular formula is C35H67N3O11. The van der Waals surface area contributed by atoms with E-state index in [0.717, 1.165) is 0 Å². The monoisotopic (exact) mass is 705 g/mol. The van der Waals surface area contributed by atoms with Gasteiger partial charge in [-0.25, -0.2) is 0 Å². The Morgan fingerprint density at radius 2 is 1.76 bits per heavy atom. The number of aliphatic hydroxyl groups is 5. The molecule has 2 aliphatic rings. The number of rotatable bonds is 10. The molecule has 0 saturated carbocycles. The fraction of sp³-hybridized carbons (Fsp3) is 0.943. The Bertz CT molecular complexity index is 1030. The lowest BCUT2D eigenvalue weighted by molar-refractivity contribution is -0.306. The molecule has 0 aromatic carbocycles. The zero-order valence-corrected chi connectivity index (χ0v) is 31.7. The Kier molecular flexibility index (Phi) is 16.8. The summed E-state index contributed by atoms with van der Waals surface area (Å²) in [7, 11) is 5.71. The van der Waals surface area contributed by atoms with Gasteiger partial charge in [-0.05, 0) is 87.4 Å². The number of carbonyl (C=O) groups is 2. The maximum Gasteiger partial charge on any atom is 0.311 e. The predicted molar refractivity (Wildman–Crippen MR) is 183 cm³/mol. The molecule has 0 aromatic rings. The summed E-state index contributed by atoms with van der Waals surface area (Å²) < 4.78 is 25.2. The molecule has 2 aliphatic heterocycles. The Hall–Kier alpha value is -1.46. The van der Waals surface area contributed by atoms with Crippen molar-refractivity contribution in [2.24, 2.45) is 17.8 Å². The van der Waals surface area contributed by atoms with E-state index in [-0.39, 0.29) is 37.5 Å². The van der Waals surface area contributed by atoms with E-state index in [4.69, 9.17) is 24.1 Å². The topological polar surface area (TPSA) is 191 Å². The largest absolute Gasteiger partial charge is 0.459 e. The molecular weight excluding hydrogens is 638 g/mol. The van der Waals surface area contributed by atoms with Gasteiger partial charge in [0.25, 0.3) is 0 Å². The number of hydrogen-bond acceptors (Lipinski definition) is 13. The Morgan fingerprint density at radius 1 is 1.12 bits per heavy atom. The summed E-state index contributed by atoms with van der Waals surface area (Å²) in [5, 5.41) is 58.2. The van der Waals surface area contributed by atoms with E-state index in [2.05, 4.69) is 5.32 Å². The second kappa shape index (κ2) is 18.9. The second-order valence-corrected chi connectivity index (χ2v) is 15.3. The first-order chi connectivity index (χ1) is 22.7. The van der Waals surface area contributed by atoms with Crippen LogP contribution in [0.15, 0.2) is 0 Å². The number of carbonyl (C=O) groups excluding carboxylic acids is 2. The standard InChI is InChI=1S/C35H67N3O11/c1-12-26-35(8,45)30(42)24(6)38(11)18-20(2)17-34(7,44)31(22(4)28(41)23(5)32(43)48-26)49-33-29(25(37(9)10)16-21(3)47-33)46-15-13-14-36-27(40)19-39/h20-26,28-31,33,39,41-42,44-45H,12-19H2,1-11H3,(H,36,40)/t20-,21-,22+,23-,24-,25+,26-,28+,29-,30-,31-,33+,34-,35-/m1/s1. The van der Waals surface area contributed by atoms with Gasteiger partial charge in [-0.3, -0.25) is 9.59 Å². The summed E-state index contributed by atoms with van der Waals surface area (Å²) in [4.78, 5) is 28.9. The molecule has 2 fully saturated rings. The summed E-state index contributed by atoms with van der Waals surface area (Å²) in [6.07, 6.45) is -4.82. The molecule has 1 amide bonds. The van der Waals surface area contributed by atoms with Crippen molar-refractivity contribution in [1.29, 1.82) is 0 Å². The number of aliphatic hydroxyl groups excluding tert-OH is 3. The smallest absolute Gasteiger partial charge is 0.311 e. The zero-order chi connectivity index (χ0) is 37.4. The van der Waals surface area contributed by atoms with Crippen molar-refractivity contribution in [1.82, 2.24) is 15.1 Å². The van der Waals surface area contributed by atoms with Crippen molar-refractivity contribution >= 4 is 11.9 Å². The van der Waals surface area contributed by atoms with Crippen molar-refractivity contribution < 1.29 is 54.1 Å². The third-order valence-electron chi connectivity index (χ3n) is 10.5. The summed E-state index contributed by atoms with van der Waals surface area (Å²) in [6.45, 7) is 14.3. The molecule has 2 saturated heterocycles. The van der Waals surface area contributed by atoms with Gasteiger partial charge < -0.3 is 59.6 Å². The molecule has 2 heterocycles. The van der Waals surface area contributed by atoms with Gasteiger partial charge >= 0.3 is 5.97 Å². The number of nitrogens with one attached hydrogen (secondary N) is 1. The molecule has 288 valence electrons. The van der Waals surface area contributed by atoms with E-state index in [1.807, 2.05) is 44.8 Å². The van der Waals surface area contributed by atoms with Gasteiger partial charge in [0.2, 0.25) is 5.91 Å². The van der Waals surface area contributed by atoms with Crippen LogP contribution in [0.2, 0.25) is 0 Å². The minimum Gasteiger partial charge on any atom is -0.459 e. The van der Waals surface area contributed by atoms with E-state index in [9.17, 15) is 30.0 Å². The van der Waals surface area contributed by atoms with Crippen molar-refractivity contribution in [2.45, 2.75) is 147 Å². The summed E-state index contributed by atoms with van der Waals surface area (Å²) in [6, 6.07) is -0.648. The highest BCUT2D eigenvalue weighted by molar-refractivity contribution is 5.76. The Labute approximate surface area is 293 Å². The van der Waals surface area contributed by atoms with Gasteiger partial charge in [0, 0.05) is 37.7 Å². The van der Waals surface area contributed by atoms with Gasteiger partial charge in [0.05, 0.1) is 29.8 Å². The molecule has 0 bridgehead atoms. The van der Waals surface area contributed by atoms with Crippen molar-refractivity contribution in [3.8, 4) is 0 Å². The van der Waals surface area contributed by atoms with E-state index in [1.165, 1.54) is 13.8 Å². The lowest BCUT2D eigenvalue weighted by atomic mass is 9.78. The van der Waals surface area contributed by atoms with Crippen LogP contribution in [0.3, 0.4) is 0 Å². The molecule has 6 N–H and O–H groups in total. The average molecular weight is 706 g/mol. The van der Waals surface area contributed by atoms with E-state index in [0.29, 0.717) is 25.9 Å². The molecule has 49 heavy (non-hydrogen) atoms. The summed E-state index contributed by atoms with van der Waals surface area (Å²) >= 11 is 0. The van der Waals surface area contributed by atoms with E-state index < -0.39 is 84.4 Å². The third kappa shape index (κ3) is 11.5. The molecule has 0 spiro atoms. The minimum atomic E-state index is -1.77. The number of likely N-dealkylation sites (N-methyl/N-ethyl adjacent to an activating group) is 2. The van der Waals surface area contributed by atoms with Crippen molar-refractivity contribution in [3.63, 3.8) is 0 Å². The van der Waals surface area contributed by atoms with Crippen LogP contribution in [-0.4, -0.2) is 161 Å². The van der Waals surface area contributed by atoms with Gasteiger partial charge in [-0.1, -0.05) is 20.8 Å². The Morgan fingerprint density at radius 3 is 2.33 bits per heavy atom. The first-order valence-corrected chi connectivity index (χ1v) is 17.9. The molecule has 14 atom stereocenters. The molecule has 0 unspecified atom stereocenters. The second-order valence-electron chi connectivity index (χ2n) is 15.3. The maximum absolute atomic E-state index is 13.5. The number of esters is 1. The highest BCUT2D eigenvalue weighted by atomic mass is 16.7. The first-order valence-electron chi connectivity index (χ1n) is 17.9. The van der Waals surface area contributed by atoms with E-state index >= 15 is 0 Å².